The summed E-state index contributed by atoms with van der Waals surface area (Å²) in [6, 6.07) is 2.02. The van der Waals surface area contributed by atoms with E-state index in [1.807, 2.05) is 6.92 Å². The summed E-state index contributed by atoms with van der Waals surface area (Å²) in [5.74, 6) is -0.193. The van der Waals surface area contributed by atoms with Crippen LogP contribution in [-0.4, -0.2) is 19.4 Å². The third-order valence-corrected chi connectivity index (χ3v) is 4.11. The second kappa shape index (κ2) is 4.10. The lowest BCUT2D eigenvalue weighted by Crippen LogP contribution is -2.27. The summed E-state index contributed by atoms with van der Waals surface area (Å²) in [7, 11) is -3.66. The van der Waals surface area contributed by atoms with Gasteiger partial charge in [-0.25, -0.2) is 22.5 Å². The van der Waals surface area contributed by atoms with Crippen molar-refractivity contribution in [3.63, 3.8) is 0 Å². The van der Waals surface area contributed by atoms with Crippen LogP contribution in [0.2, 0.25) is 0 Å². The Morgan fingerprint density at radius 3 is 2.94 bits per heavy atom. The van der Waals surface area contributed by atoms with Gasteiger partial charge in [0.2, 0.25) is 0 Å². The lowest BCUT2D eigenvalue weighted by molar-refractivity contribution is 0.567. The molecule has 1 aromatic heterocycles. The van der Waals surface area contributed by atoms with Gasteiger partial charge in [-0.15, -0.1) is 0 Å². The SMILES string of the molecule is CC[C@@H]1C[C@H]1NS(=O)(=O)c1cc(F)ccn1. The summed E-state index contributed by atoms with van der Waals surface area (Å²) in [5.41, 5.74) is 0. The summed E-state index contributed by atoms with van der Waals surface area (Å²) < 4.78 is 38.9. The van der Waals surface area contributed by atoms with E-state index in [4.69, 9.17) is 0 Å². The molecule has 1 heterocycles. The highest BCUT2D eigenvalue weighted by molar-refractivity contribution is 7.89. The number of nitrogens with one attached hydrogen (secondary N) is 1. The molecule has 0 unspecified atom stereocenters. The number of hydrogen-bond acceptors (Lipinski definition) is 3. The van der Waals surface area contributed by atoms with Gasteiger partial charge in [-0.2, -0.15) is 0 Å². The van der Waals surface area contributed by atoms with E-state index < -0.39 is 15.8 Å². The van der Waals surface area contributed by atoms with Crippen LogP contribution in [0, 0.1) is 11.7 Å². The van der Waals surface area contributed by atoms with E-state index in [0.717, 1.165) is 31.2 Å². The van der Waals surface area contributed by atoms with Crippen molar-refractivity contribution >= 4 is 10.0 Å². The largest absolute Gasteiger partial charge is 0.258 e. The topological polar surface area (TPSA) is 59.1 Å². The molecule has 1 aliphatic carbocycles. The van der Waals surface area contributed by atoms with E-state index in [2.05, 4.69) is 9.71 Å². The van der Waals surface area contributed by atoms with Crippen molar-refractivity contribution in [1.29, 1.82) is 0 Å². The number of sulfonamides is 1. The molecule has 0 amide bonds. The predicted molar refractivity (Wildman–Crippen MR) is 56.7 cm³/mol. The zero-order chi connectivity index (χ0) is 11.8. The van der Waals surface area contributed by atoms with Crippen molar-refractivity contribution in [1.82, 2.24) is 9.71 Å². The van der Waals surface area contributed by atoms with E-state index in [-0.39, 0.29) is 11.1 Å². The molecule has 0 aliphatic heterocycles. The quantitative estimate of drug-likeness (QED) is 0.868. The van der Waals surface area contributed by atoms with Gasteiger partial charge in [0.15, 0.2) is 5.03 Å². The molecule has 88 valence electrons. The minimum atomic E-state index is -3.66. The number of pyridine rings is 1. The van der Waals surface area contributed by atoms with Crippen LogP contribution in [0.15, 0.2) is 23.4 Å². The maximum atomic E-state index is 12.9. The van der Waals surface area contributed by atoms with Crippen LogP contribution in [0.1, 0.15) is 19.8 Å². The first-order chi connectivity index (χ1) is 7.53. The molecule has 1 saturated carbocycles. The molecule has 0 spiro atoms. The molecule has 2 atom stereocenters. The Kier molecular flexibility index (Phi) is 2.94. The minimum absolute atomic E-state index is 0.0138. The molecule has 1 N–H and O–H groups in total. The van der Waals surface area contributed by atoms with Crippen molar-refractivity contribution in [3.8, 4) is 0 Å². The van der Waals surface area contributed by atoms with Crippen molar-refractivity contribution in [2.45, 2.75) is 30.8 Å². The molecule has 0 radical (unpaired) electrons. The van der Waals surface area contributed by atoms with Crippen LogP contribution in [0.4, 0.5) is 4.39 Å². The maximum absolute atomic E-state index is 12.9. The molecule has 1 aliphatic rings. The maximum Gasteiger partial charge on any atom is 0.258 e. The Morgan fingerprint density at radius 2 is 2.38 bits per heavy atom. The Bertz CT molecular complexity index is 489. The highest BCUT2D eigenvalue weighted by atomic mass is 32.2. The molecule has 1 fully saturated rings. The average Bonchev–Trinajstić information content (AvgIpc) is 2.95. The van der Waals surface area contributed by atoms with Gasteiger partial charge in [0.1, 0.15) is 5.82 Å². The molecular formula is C10H13FN2O2S. The van der Waals surface area contributed by atoms with Crippen LogP contribution < -0.4 is 4.72 Å². The normalized spacial score (nSPS) is 24.4. The fraction of sp³-hybridized carbons (Fsp3) is 0.500. The van der Waals surface area contributed by atoms with Crippen molar-refractivity contribution < 1.29 is 12.8 Å². The van der Waals surface area contributed by atoms with Crippen LogP contribution in [0.25, 0.3) is 0 Å². The van der Waals surface area contributed by atoms with Gasteiger partial charge in [-0.05, 0) is 18.4 Å². The summed E-state index contributed by atoms with van der Waals surface area (Å²) >= 11 is 0. The Morgan fingerprint density at radius 1 is 1.62 bits per heavy atom. The second-order valence-electron chi connectivity index (χ2n) is 3.94. The molecule has 0 saturated heterocycles. The molecule has 16 heavy (non-hydrogen) atoms. The zero-order valence-corrected chi connectivity index (χ0v) is 9.67. The minimum Gasteiger partial charge on any atom is -0.243 e. The zero-order valence-electron chi connectivity index (χ0n) is 8.85. The van der Waals surface area contributed by atoms with Crippen molar-refractivity contribution in [2.75, 3.05) is 0 Å². The lowest BCUT2D eigenvalue weighted by Gasteiger charge is -2.04. The van der Waals surface area contributed by atoms with Crippen LogP contribution in [0.3, 0.4) is 0 Å². The third-order valence-electron chi connectivity index (χ3n) is 2.73. The second-order valence-corrected chi connectivity index (χ2v) is 5.60. The van der Waals surface area contributed by atoms with Gasteiger partial charge in [-0.3, -0.25) is 0 Å². The molecule has 2 rings (SSSR count). The smallest absolute Gasteiger partial charge is 0.243 e. The monoisotopic (exact) mass is 244 g/mol. The van der Waals surface area contributed by atoms with Crippen molar-refractivity contribution in [3.05, 3.63) is 24.1 Å². The Labute approximate surface area is 93.9 Å². The summed E-state index contributed by atoms with van der Waals surface area (Å²) in [4.78, 5) is 3.65. The average molecular weight is 244 g/mol. The first-order valence-corrected chi connectivity index (χ1v) is 6.65. The van der Waals surface area contributed by atoms with Crippen LogP contribution in [0.5, 0.6) is 0 Å². The fourth-order valence-corrected chi connectivity index (χ4v) is 2.91. The Balaban J connectivity index is 2.14. The predicted octanol–water partition coefficient (Wildman–Crippen LogP) is 1.30. The molecule has 0 bridgehead atoms. The molecular weight excluding hydrogens is 231 g/mol. The van der Waals surface area contributed by atoms with E-state index in [9.17, 15) is 12.8 Å². The first kappa shape index (κ1) is 11.5. The number of nitrogens with zero attached hydrogens (tertiary/aromatic N) is 1. The highest BCUT2D eigenvalue weighted by Gasteiger charge is 2.38. The summed E-state index contributed by atoms with van der Waals surface area (Å²) in [6.07, 6.45) is 2.95. The first-order valence-electron chi connectivity index (χ1n) is 5.17. The van der Waals surface area contributed by atoms with Crippen molar-refractivity contribution in [2.24, 2.45) is 5.92 Å². The van der Waals surface area contributed by atoms with Gasteiger partial charge in [0.05, 0.1) is 0 Å². The fourth-order valence-electron chi connectivity index (χ4n) is 1.64. The van der Waals surface area contributed by atoms with E-state index in [0.29, 0.717) is 5.92 Å². The standard InChI is InChI=1S/C10H13FN2O2S/c1-2-7-5-9(7)13-16(14,15)10-6-8(11)3-4-12-10/h3-4,6-7,9,13H,2,5H2,1H3/t7-,9-/m1/s1. The molecule has 0 aromatic carbocycles. The van der Waals surface area contributed by atoms with Gasteiger partial charge >= 0.3 is 0 Å². The highest BCUT2D eigenvalue weighted by Crippen LogP contribution is 2.34. The van der Waals surface area contributed by atoms with E-state index in [1.54, 1.807) is 0 Å². The van der Waals surface area contributed by atoms with Gasteiger partial charge in [-0.1, -0.05) is 13.3 Å². The lowest BCUT2D eigenvalue weighted by atomic mass is 10.3. The van der Waals surface area contributed by atoms with Gasteiger partial charge in [0.25, 0.3) is 10.0 Å². The molecule has 4 nitrogen and oxygen atoms in total. The van der Waals surface area contributed by atoms with Crippen LogP contribution in [-0.2, 0) is 10.0 Å². The molecule has 1 aromatic rings. The molecule has 6 heteroatoms. The van der Waals surface area contributed by atoms with E-state index in [1.165, 1.54) is 0 Å². The Hall–Kier alpha value is -1.01. The number of halogens is 1. The van der Waals surface area contributed by atoms with Gasteiger partial charge < -0.3 is 0 Å². The van der Waals surface area contributed by atoms with Gasteiger partial charge in [0, 0.05) is 18.3 Å². The number of hydrogen-bond donors (Lipinski definition) is 1. The number of rotatable bonds is 4. The third kappa shape index (κ3) is 2.38. The van der Waals surface area contributed by atoms with E-state index >= 15 is 0 Å². The van der Waals surface area contributed by atoms with Crippen LogP contribution >= 0.6 is 0 Å². The summed E-state index contributed by atoms with van der Waals surface area (Å²) in [5, 5.41) is -0.255. The summed E-state index contributed by atoms with van der Waals surface area (Å²) in [6.45, 7) is 2.01. The number of aromatic nitrogens is 1.